The lowest BCUT2D eigenvalue weighted by Crippen LogP contribution is -2.06. The number of aromatic amines is 1. The number of rotatable bonds is 6. The van der Waals surface area contributed by atoms with Crippen molar-refractivity contribution in [1.29, 1.82) is 0 Å². The average Bonchev–Trinajstić information content (AvgIpc) is 2.69. The van der Waals surface area contributed by atoms with E-state index >= 15 is 0 Å². The smallest absolute Gasteiger partial charge is 0.210 e. The maximum atomic E-state index is 12.9. The van der Waals surface area contributed by atoms with Gasteiger partial charge in [-0.05, 0) is 49.6 Å². The molecule has 5 nitrogen and oxygen atoms in total. The van der Waals surface area contributed by atoms with E-state index < -0.39 is 9.84 Å². The summed E-state index contributed by atoms with van der Waals surface area (Å²) in [5, 5.41) is 0. The van der Waals surface area contributed by atoms with Gasteiger partial charge in [0.1, 0.15) is 10.7 Å². The van der Waals surface area contributed by atoms with Gasteiger partial charge in [0.15, 0.2) is 0 Å². The van der Waals surface area contributed by atoms with Crippen molar-refractivity contribution in [2.24, 2.45) is 0 Å². The highest BCUT2D eigenvalue weighted by atomic mass is 32.2. The van der Waals surface area contributed by atoms with Crippen LogP contribution in [0, 0.1) is 6.92 Å². The van der Waals surface area contributed by atoms with Gasteiger partial charge < -0.3 is 10.7 Å². The third-order valence-electron chi connectivity index (χ3n) is 3.99. The zero-order chi connectivity index (χ0) is 19.2. The number of sulfone groups is 1. The number of aromatic nitrogens is 2. The highest BCUT2D eigenvalue weighted by Crippen LogP contribution is 2.24. The van der Waals surface area contributed by atoms with Gasteiger partial charge in [-0.25, -0.2) is 8.42 Å². The summed E-state index contributed by atoms with van der Waals surface area (Å²) < 4.78 is 25.9. The minimum absolute atomic E-state index is 0.00919. The van der Waals surface area contributed by atoms with Gasteiger partial charge >= 0.3 is 0 Å². The second-order valence-corrected chi connectivity index (χ2v) is 7.96. The molecule has 2 aromatic rings. The predicted molar refractivity (Wildman–Crippen MR) is 106 cm³/mol. The molecule has 0 unspecified atom stereocenters. The molecule has 0 saturated heterocycles. The Morgan fingerprint density at radius 1 is 1.19 bits per heavy atom. The molecule has 3 N–H and O–H groups in total. The summed E-state index contributed by atoms with van der Waals surface area (Å²) in [5.74, 6) is 0.0638. The normalized spacial score (nSPS) is 11.0. The SMILES string of the molecule is C=C(CCCC)c1ncccc(S(=O)(=O)c2ccccc2)c(N)[nH]c1C. The number of hydrogen-bond donors (Lipinski definition) is 2. The summed E-state index contributed by atoms with van der Waals surface area (Å²) in [6, 6.07) is 11.3. The Morgan fingerprint density at radius 3 is 2.54 bits per heavy atom. The molecule has 0 aliphatic carbocycles. The lowest BCUT2D eigenvalue weighted by Gasteiger charge is -2.08. The average molecular weight is 372 g/mol. The standard InChI is InChI=1S/C20H25N3O2S/c1-4-5-10-15(2)19-16(3)23-20(21)18(13-9-14-22-19)26(24,25)17-11-7-6-8-12-17/h6-9,11-14,23H,2,4-5,10,21H2,1,3H3. The second-order valence-electron chi connectivity index (χ2n) is 6.04. The number of aryl methyl sites for hydroxylation is 1. The lowest BCUT2D eigenvalue weighted by atomic mass is 10.1. The third kappa shape index (κ3) is 4.52. The summed E-state index contributed by atoms with van der Waals surface area (Å²) in [4.78, 5) is 7.62. The number of nitrogens with zero attached hydrogens (tertiary/aromatic N) is 1. The van der Waals surface area contributed by atoms with Gasteiger partial charge in [-0.15, -0.1) is 0 Å². The molecule has 26 heavy (non-hydrogen) atoms. The monoisotopic (exact) mass is 371 g/mol. The fourth-order valence-corrected chi connectivity index (χ4v) is 3.95. The van der Waals surface area contributed by atoms with Crippen LogP contribution in [0.4, 0.5) is 5.82 Å². The Kier molecular flexibility index (Phi) is 6.58. The van der Waals surface area contributed by atoms with Crippen LogP contribution < -0.4 is 5.73 Å². The largest absolute Gasteiger partial charge is 0.384 e. The van der Waals surface area contributed by atoms with Crippen LogP contribution in [-0.2, 0) is 9.84 Å². The summed E-state index contributed by atoms with van der Waals surface area (Å²) in [7, 11) is -3.74. The third-order valence-corrected chi connectivity index (χ3v) is 5.82. The van der Waals surface area contributed by atoms with Crippen molar-refractivity contribution in [2.75, 3.05) is 5.73 Å². The van der Waals surface area contributed by atoms with Crippen LogP contribution in [0.5, 0.6) is 0 Å². The van der Waals surface area contributed by atoms with Crippen molar-refractivity contribution in [2.45, 2.75) is 42.9 Å². The first-order valence-corrected chi connectivity index (χ1v) is 10.0. The maximum Gasteiger partial charge on any atom is 0.210 e. The predicted octanol–water partition coefficient (Wildman–Crippen LogP) is 4.46. The highest BCUT2D eigenvalue weighted by Gasteiger charge is 2.19. The molecule has 0 amide bonds. The number of anilines is 1. The van der Waals surface area contributed by atoms with Crippen LogP contribution in [0.1, 0.15) is 37.6 Å². The number of hydrogen-bond acceptors (Lipinski definition) is 4. The Morgan fingerprint density at radius 2 is 1.88 bits per heavy atom. The molecular weight excluding hydrogens is 346 g/mol. The van der Waals surface area contributed by atoms with E-state index in [0.717, 1.165) is 24.8 Å². The molecule has 0 bridgehead atoms. The van der Waals surface area contributed by atoms with E-state index in [9.17, 15) is 8.42 Å². The van der Waals surface area contributed by atoms with Gasteiger partial charge in [0.05, 0.1) is 10.6 Å². The fraction of sp³-hybridized carbons (Fsp3) is 0.250. The zero-order valence-electron chi connectivity index (χ0n) is 15.2. The number of allylic oxidation sites excluding steroid dienone is 1. The minimum atomic E-state index is -3.74. The molecule has 0 atom stereocenters. The van der Waals surface area contributed by atoms with Gasteiger partial charge in [0.25, 0.3) is 0 Å². The summed E-state index contributed by atoms with van der Waals surface area (Å²) >= 11 is 0. The summed E-state index contributed by atoms with van der Waals surface area (Å²) in [5.41, 5.74) is 8.37. The van der Waals surface area contributed by atoms with Crippen molar-refractivity contribution in [3.63, 3.8) is 0 Å². The molecule has 0 aliphatic rings. The van der Waals surface area contributed by atoms with E-state index in [0.29, 0.717) is 11.4 Å². The van der Waals surface area contributed by atoms with Gasteiger partial charge in [-0.3, -0.25) is 4.98 Å². The molecule has 2 rings (SSSR count). The Labute approximate surface area is 155 Å². The van der Waals surface area contributed by atoms with Crippen LogP contribution in [0.25, 0.3) is 5.57 Å². The Hall–Kier alpha value is -2.60. The van der Waals surface area contributed by atoms with Crippen LogP contribution in [0.15, 0.2) is 65.0 Å². The first-order chi connectivity index (χ1) is 12.4. The molecule has 0 saturated carbocycles. The van der Waals surface area contributed by atoms with Crippen molar-refractivity contribution >= 4 is 21.2 Å². The molecule has 0 fully saturated rings. The van der Waals surface area contributed by atoms with Gasteiger partial charge in [-0.1, -0.05) is 38.1 Å². The lowest BCUT2D eigenvalue weighted by molar-refractivity contribution is 0.596. The van der Waals surface area contributed by atoms with Crippen molar-refractivity contribution < 1.29 is 8.42 Å². The van der Waals surface area contributed by atoms with E-state index in [4.69, 9.17) is 5.73 Å². The first-order valence-electron chi connectivity index (χ1n) is 8.54. The number of nitrogens with one attached hydrogen (secondary N) is 1. The van der Waals surface area contributed by atoms with Crippen LogP contribution >= 0.6 is 0 Å². The van der Waals surface area contributed by atoms with Gasteiger partial charge in [0.2, 0.25) is 9.84 Å². The number of nitrogens with two attached hydrogens (primary N) is 1. The number of benzene rings is 1. The molecule has 1 aromatic heterocycles. The van der Waals surface area contributed by atoms with Crippen LogP contribution in [0.3, 0.4) is 0 Å². The highest BCUT2D eigenvalue weighted by molar-refractivity contribution is 7.91. The van der Waals surface area contributed by atoms with Crippen molar-refractivity contribution in [3.8, 4) is 0 Å². The van der Waals surface area contributed by atoms with E-state index in [1.807, 2.05) is 6.92 Å². The Bertz CT molecular complexity index is 931. The first kappa shape index (κ1) is 19.7. The van der Waals surface area contributed by atoms with Crippen molar-refractivity contribution in [1.82, 2.24) is 9.97 Å². The van der Waals surface area contributed by atoms with Crippen LogP contribution in [0.2, 0.25) is 0 Å². The fourth-order valence-electron chi connectivity index (χ4n) is 2.58. The number of unbranched alkanes of at least 4 members (excludes halogenated alkanes) is 1. The zero-order valence-corrected chi connectivity index (χ0v) is 16.0. The topological polar surface area (TPSA) is 88.8 Å². The van der Waals surface area contributed by atoms with E-state index in [1.54, 1.807) is 42.6 Å². The number of nitrogen functional groups attached to an aromatic ring is 1. The molecule has 1 aromatic carbocycles. The maximum absolute atomic E-state index is 12.9. The molecular formula is C20H25N3O2S. The second kappa shape index (κ2) is 8.67. The van der Waals surface area contributed by atoms with E-state index in [1.165, 1.54) is 6.07 Å². The van der Waals surface area contributed by atoms with E-state index in [2.05, 4.69) is 23.5 Å². The molecule has 0 spiro atoms. The Balaban J connectivity index is 2.61. The van der Waals surface area contributed by atoms with Gasteiger partial charge in [-0.2, -0.15) is 0 Å². The van der Waals surface area contributed by atoms with Gasteiger partial charge in [0, 0.05) is 11.9 Å². The van der Waals surface area contributed by atoms with Crippen molar-refractivity contribution in [3.05, 3.63) is 66.6 Å². The summed E-state index contributed by atoms with van der Waals surface area (Å²) in [6.45, 7) is 8.03. The molecule has 0 radical (unpaired) electrons. The number of H-pyrrole nitrogens is 1. The molecule has 1 heterocycles. The molecule has 0 aliphatic heterocycles. The van der Waals surface area contributed by atoms with E-state index in [-0.39, 0.29) is 15.6 Å². The summed E-state index contributed by atoms with van der Waals surface area (Å²) in [6.07, 6.45) is 4.46. The quantitative estimate of drug-likeness (QED) is 0.784. The molecule has 6 heteroatoms. The molecule has 138 valence electrons. The minimum Gasteiger partial charge on any atom is -0.384 e. The van der Waals surface area contributed by atoms with Crippen LogP contribution in [-0.4, -0.2) is 18.4 Å².